The molecule has 31 heavy (non-hydrogen) atoms. The van der Waals surface area contributed by atoms with Gasteiger partial charge in [-0.3, -0.25) is 19.7 Å². The lowest BCUT2D eigenvalue weighted by Crippen LogP contribution is -2.52. The van der Waals surface area contributed by atoms with Gasteiger partial charge in [-0.15, -0.1) is 5.10 Å². The van der Waals surface area contributed by atoms with E-state index in [-0.39, 0.29) is 18.2 Å². The number of carbonyl (C=O) groups excluding carboxylic acids is 3. The van der Waals surface area contributed by atoms with Gasteiger partial charge in [0.1, 0.15) is 6.04 Å². The number of aromatic nitrogens is 3. The van der Waals surface area contributed by atoms with E-state index in [2.05, 4.69) is 22.2 Å². The fourth-order valence-electron chi connectivity index (χ4n) is 4.86. The van der Waals surface area contributed by atoms with Crippen molar-refractivity contribution in [3.05, 3.63) is 29.3 Å². The average Bonchev–Trinajstić information content (AvgIpc) is 3.28. The predicted octanol–water partition coefficient (Wildman–Crippen LogP) is 1.62. The second-order valence-electron chi connectivity index (χ2n) is 8.67. The van der Waals surface area contributed by atoms with Gasteiger partial charge in [0.25, 0.3) is 5.91 Å². The van der Waals surface area contributed by atoms with Gasteiger partial charge in [0.15, 0.2) is 5.82 Å². The summed E-state index contributed by atoms with van der Waals surface area (Å²) in [5.41, 5.74) is 2.30. The Morgan fingerprint density at radius 1 is 1.10 bits per heavy atom. The van der Waals surface area contributed by atoms with Crippen LogP contribution in [0.5, 0.6) is 0 Å². The Morgan fingerprint density at radius 3 is 2.71 bits per heavy atom. The number of nitrogens with zero attached hydrogens (tertiary/aromatic N) is 5. The second kappa shape index (κ2) is 7.47. The van der Waals surface area contributed by atoms with Crippen LogP contribution in [0.25, 0.3) is 11.4 Å². The summed E-state index contributed by atoms with van der Waals surface area (Å²) in [6, 6.07) is 5.42. The van der Waals surface area contributed by atoms with Crippen LogP contribution in [0.1, 0.15) is 54.9 Å². The summed E-state index contributed by atoms with van der Waals surface area (Å²) < 4.78 is 1.82. The van der Waals surface area contributed by atoms with Gasteiger partial charge in [0.2, 0.25) is 17.8 Å². The van der Waals surface area contributed by atoms with Crippen LogP contribution in [0, 0.1) is 0 Å². The molecule has 0 spiro atoms. The molecule has 2 fully saturated rings. The number of carbonyl (C=O) groups is 3. The molecule has 0 saturated carbocycles. The minimum Gasteiger partial charge on any atom is -0.338 e. The van der Waals surface area contributed by atoms with Gasteiger partial charge in [0, 0.05) is 43.7 Å². The number of piperidine rings is 2. The molecule has 3 amide bonds. The van der Waals surface area contributed by atoms with Crippen molar-refractivity contribution in [2.75, 3.05) is 11.4 Å². The highest BCUT2D eigenvalue weighted by atomic mass is 16.2. The van der Waals surface area contributed by atoms with E-state index in [0.717, 1.165) is 36.5 Å². The van der Waals surface area contributed by atoms with Crippen LogP contribution in [-0.4, -0.2) is 56.0 Å². The SMILES string of the molecule is CC1CCCCN1c1nc(-c2ccc3c(c2)CN(C2CCC(=O)NC2=O)C3=O)nn1C. The summed E-state index contributed by atoms with van der Waals surface area (Å²) in [7, 11) is 1.91. The van der Waals surface area contributed by atoms with Crippen LogP contribution in [0.3, 0.4) is 0 Å². The normalized spacial score (nSPS) is 23.9. The lowest BCUT2D eigenvalue weighted by atomic mass is 10.0. The van der Waals surface area contributed by atoms with Crippen LogP contribution in [0.2, 0.25) is 0 Å². The maximum atomic E-state index is 12.9. The molecule has 9 nitrogen and oxygen atoms in total. The van der Waals surface area contributed by atoms with E-state index in [9.17, 15) is 14.4 Å². The minimum atomic E-state index is -0.610. The van der Waals surface area contributed by atoms with Crippen molar-refractivity contribution < 1.29 is 14.4 Å². The molecule has 2 aromatic rings. The topological polar surface area (TPSA) is 100 Å². The molecule has 1 N–H and O–H groups in total. The number of aryl methyl sites for hydroxylation is 1. The van der Waals surface area contributed by atoms with E-state index in [1.807, 2.05) is 23.9 Å². The largest absolute Gasteiger partial charge is 0.338 e. The number of fused-ring (bicyclic) bond motifs is 1. The number of hydrogen-bond donors (Lipinski definition) is 1. The third-order valence-electron chi connectivity index (χ3n) is 6.58. The molecule has 1 aromatic heterocycles. The smallest absolute Gasteiger partial charge is 0.255 e. The standard InChI is InChI=1S/C22H26N6O3/c1-13-5-3-4-10-27(13)22-24-19(25-26(22)2)14-6-7-16-15(11-14)12-28(21(16)31)17-8-9-18(29)23-20(17)30/h6-7,11,13,17H,3-5,8-10,12H2,1-2H3,(H,23,29,30). The zero-order valence-electron chi connectivity index (χ0n) is 17.8. The first kappa shape index (κ1) is 19.7. The maximum absolute atomic E-state index is 12.9. The van der Waals surface area contributed by atoms with Crippen LogP contribution in [0.15, 0.2) is 18.2 Å². The Hall–Kier alpha value is -3.23. The lowest BCUT2D eigenvalue weighted by molar-refractivity contribution is -0.136. The van der Waals surface area contributed by atoms with Crippen LogP contribution in [0.4, 0.5) is 5.95 Å². The third-order valence-corrected chi connectivity index (χ3v) is 6.58. The molecule has 5 rings (SSSR count). The Kier molecular flexibility index (Phi) is 4.75. The molecule has 0 aliphatic carbocycles. The first-order valence-electron chi connectivity index (χ1n) is 10.9. The molecule has 2 atom stereocenters. The highest BCUT2D eigenvalue weighted by molar-refractivity contribution is 6.05. The minimum absolute atomic E-state index is 0.173. The highest BCUT2D eigenvalue weighted by Gasteiger charge is 2.39. The van der Waals surface area contributed by atoms with E-state index in [0.29, 0.717) is 30.4 Å². The number of anilines is 1. The molecule has 2 unspecified atom stereocenters. The first-order chi connectivity index (χ1) is 14.9. The van der Waals surface area contributed by atoms with Crippen molar-refractivity contribution in [2.45, 2.75) is 57.7 Å². The van der Waals surface area contributed by atoms with Gasteiger partial charge < -0.3 is 9.80 Å². The van der Waals surface area contributed by atoms with Crippen LogP contribution in [-0.2, 0) is 23.2 Å². The molecule has 2 saturated heterocycles. The number of imide groups is 1. The van der Waals surface area contributed by atoms with E-state index in [1.54, 1.807) is 11.0 Å². The van der Waals surface area contributed by atoms with Gasteiger partial charge in [-0.1, -0.05) is 6.07 Å². The van der Waals surface area contributed by atoms with Crippen molar-refractivity contribution in [2.24, 2.45) is 7.05 Å². The van der Waals surface area contributed by atoms with Crippen molar-refractivity contribution in [1.82, 2.24) is 25.0 Å². The molecule has 162 valence electrons. The van der Waals surface area contributed by atoms with Gasteiger partial charge >= 0.3 is 0 Å². The zero-order chi connectivity index (χ0) is 21.7. The second-order valence-corrected chi connectivity index (χ2v) is 8.67. The van der Waals surface area contributed by atoms with Gasteiger partial charge in [-0.05, 0) is 50.3 Å². The van der Waals surface area contributed by atoms with Crippen molar-refractivity contribution in [3.8, 4) is 11.4 Å². The van der Waals surface area contributed by atoms with Crippen molar-refractivity contribution in [3.63, 3.8) is 0 Å². The van der Waals surface area contributed by atoms with Crippen molar-refractivity contribution in [1.29, 1.82) is 0 Å². The molecule has 1 aromatic carbocycles. The van der Waals surface area contributed by atoms with Crippen LogP contribution < -0.4 is 10.2 Å². The molecule has 3 aliphatic rings. The monoisotopic (exact) mass is 422 g/mol. The molecular weight excluding hydrogens is 396 g/mol. The first-order valence-corrected chi connectivity index (χ1v) is 10.9. The molecular formula is C22H26N6O3. The molecule has 4 heterocycles. The van der Waals surface area contributed by atoms with Crippen LogP contribution >= 0.6 is 0 Å². The van der Waals surface area contributed by atoms with E-state index in [1.165, 1.54) is 6.42 Å². The fourth-order valence-corrected chi connectivity index (χ4v) is 4.86. The van der Waals surface area contributed by atoms with Gasteiger partial charge in [-0.2, -0.15) is 4.98 Å². The molecule has 3 aliphatic heterocycles. The Bertz CT molecular complexity index is 1080. The average molecular weight is 422 g/mol. The molecule has 0 radical (unpaired) electrons. The van der Waals surface area contributed by atoms with Gasteiger partial charge in [0.05, 0.1) is 0 Å². The maximum Gasteiger partial charge on any atom is 0.255 e. The number of nitrogens with one attached hydrogen (secondary N) is 1. The number of benzene rings is 1. The third kappa shape index (κ3) is 3.37. The zero-order valence-corrected chi connectivity index (χ0v) is 17.8. The Balaban J connectivity index is 1.40. The highest BCUT2D eigenvalue weighted by Crippen LogP contribution is 2.31. The predicted molar refractivity (Wildman–Crippen MR) is 113 cm³/mol. The summed E-state index contributed by atoms with van der Waals surface area (Å²) in [5.74, 6) is 0.638. The number of amides is 3. The molecule has 0 bridgehead atoms. The summed E-state index contributed by atoms with van der Waals surface area (Å²) in [4.78, 5) is 45.2. The number of hydrogen-bond acceptors (Lipinski definition) is 6. The van der Waals surface area contributed by atoms with Gasteiger partial charge in [-0.25, -0.2) is 4.68 Å². The van der Waals surface area contributed by atoms with E-state index >= 15 is 0 Å². The molecule has 9 heteroatoms. The summed E-state index contributed by atoms with van der Waals surface area (Å²) in [6.07, 6.45) is 4.15. The lowest BCUT2D eigenvalue weighted by Gasteiger charge is -2.33. The summed E-state index contributed by atoms with van der Waals surface area (Å²) in [6.45, 7) is 3.54. The summed E-state index contributed by atoms with van der Waals surface area (Å²) >= 11 is 0. The fraction of sp³-hybridized carbons (Fsp3) is 0.500. The van der Waals surface area contributed by atoms with Crippen molar-refractivity contribution >= 4 is 23.7 Å². The van der Waals surface area contributed by atoms with E-state index < -0.39 is 11.9 Å². The van der Waals surface area contributed by atoms with E-state index in [4.69, 9.17) is 4.98 Å². The summed E-state index contributed by atoms with van der Waals surface area (Å²) in [5, 5.41) is 6.96. The Morgan fingerprint density at radius 2 is 1.94 bits per heavy atom. The number of rotatable bonds is 3. The Labute approximate surface area is 180 Å². The quantitative estimate of drug-likeness (QED) is 0.755.